The number of anilines is 1. The number of nitrogens with one attached hydrogen (secondary N) is 2. The topological polar surface area (TPSA) is 88.5 Å². The summed E-state index contributed by atoms with van der Waals surface area (Å²) >= 11 is 0. The Morgan fingerprint density at radius 2 is 2.04 bits per heavy atom. The number of ether oxygens (including phenoxy) is 1. The van der Waals surface area contributed by atoms with Gasteiger partial charge in [0.25, 0.3) is 5.91 Å². The van der Waals surface area contributed by atoms with Crippen molar-refractivity contribution in [1.29, 1.82) is 0 Å². The molecule has 8 heteroatoms. The van der Waals surface area contributed by atoms with E-state index < -0.39 is 0 Å². The maximum atomic E-state index is 12.7. The van der Waals surface area contributed by atoms with Gasteiger partial charge in [-0.3, -0.25) is 9.48 Å². The van der Waals surface area contributed by atoms with Gasteiger partial charge in [-0.05, 0) is 31.9 Å². The number of hydrogen-bond donors (Lipinski definition) is 2. The molecule has 0 radical (unpaired) electrons. The average molecular weight is 369 g/mol. The van der Waals surface area contributed by atoms with Gasteiger partial charge in [0.2, 0.25) is 0 Å². The van der Waals surface area contributed by atoms with E-state index in [-0.39, 0.29) is 18.0 Å². The number of aryl methyl sites for hydroxylation is 1. The molecule has 0 unspecified atom stereocenters. The normalized spacial score (nSPS) is 15.4. The summed E-state index contributed by atoms with van der Waals surface area (Å²) in [6.45, 7) is 3.20. The second-order valence-corrected chi connectivity index (χ2v) is 6.86. The first-order valence-electron chi connectivity index (χ1n) is 9.20. The number of carbonyl (C=O) groups excluding carboxylic acids is 2. The smallest absolute Gasteiger partial charge is 0.322 e. The van der Waals surface area contributed by atoms with Crippen LogP contribution in [0.15, 0.2) is 24.3 Å². The first kappa shape index (κ1) is 17.4. The van der Waals surface area contributed by atoms with Crippen molar-refractivity contribution < 1.29 is 14.3 Å². The maximum absolute atomic E-state index is 12.7. The van der Waals surface area contributed by atoms with Crippen molar-refractivity contribution in [2.24, 2.45) is 7.05 Å². The van der Waals surface area contributed by atoms with Crippen LogP contribution in [0.25, 0.3) is 0 Å². The van der Waals surface area contributed by atoms with Crippen LogP contribution in [0, 0.1) is 0 Å². The number of nitrogens with zero attached hydrogens (tertiary/aromatic N) is 3. The van der Waals surface area contributed by atoms with Gasteiger partial charge >= 0.3 is 6.03 Å². The van der Waals surface area contributed by atoms with Gasteiger partial charge in [-0.15, -0.1) is 0 Å². The van der Waals surface area contributed by atoms with Crippen LogP contribution in [0.5, 0.6) is 5.75 Å². The van der Waals surface area contributed by atoms with Gasteiger partial charge in [0, 0.05) is 18.7 Å². The molecule has 1 aliphatic carbocycles. The number of amides is 3. The molecule has 1 aliphatic heterocycles. The minimum atomic E-state index is -0.230. The van der Waals surface area contributed by atoms with E-state index in [2.05, 4.69) is 15.7 Å². The molecule has 0 spiro atoms. The lowest BCUT2D eigenvalue weighted by molar-refractivity contribution is 0.0943. The van der Waals surface area contributed by atoms with E-state index in [1.807, 2.05) is 31.2 Å². The molecule has 2 aliphatic rings. The van der Waals surface area contributed by atoms with Crippen LogP contribution in [0.2, 0.25) is 0 Å². The Hall–Kier alpha value is -3.03. The summed E-state index contributed by atoms with van der Waals surface area (Å²) in [6, 6.07) is 7.38. The monoisotopic (exact) mass is 369 g/mol. The average Bonchev–Trinajstić information content (AvgIpc) is 3.25. The molecule has 0 atom stereocenters. The van der Waals surface area contributed by atoms with Crippen molar-refractivity contribution >= 4 is 17.6 Å². The molecule has 1 aromatic carbocycles. The molecular formula is C19H23N5O3. The Balaban J connectivity index is 1.48. The highest BCUT2D eigenvalue weighted by atomic mass is 16.5. The van der Waals surface area contributed by atoms with E-state index in [1.165, 1.54) is 0 Å². The molecule has 0 saturated heterocycles. The van der Waals surface area contributed by atoms with Gasteiger partial charge in [-0.25, -0.2) is 4.79 Å². The highest BCUT2D eigenvalue weighted by Gasteiger charge is 2.34. The molecule has 27 heavy (non-hydrogen) atoms. The van der Waals surface area contributed by atoms with Gasteiger partial charge in [0.15, 0.2) is 5.69 Å². The van der Waals surface area contributed by atoms with Gasteiger partial charge < -0.3 is 20.3 Å². The fraction of sp³-hybridized carbons (Fsp3) is 0.421. The zero-order chi connectivity index (χ0) is 19.0. The van der Waals surface area contributed by atoms with E-state index in [9.17, 15) is 9.59 Å². The summed E-state index contributed by atoms with van der Waals surface area (Å²) in [5.74, 6) is 0.481. The van der Waals surface area contributed by atoms with Crippen molar-refractivity contribution in [2.45, 2.75) is 38.9 Å². The van der Waals surface area contributed by atoms with Crippen molar-refractivity contribution in [3.05, 3.63) is 41.2 Å². The SMILES string of the molecule is CCOc1ccccc1NC(=O)N1Cc2c(C(=O)NC3CC3)nn(C)c2C1. The van der Waals surface area contributed by atoms with Crippen molar-refractivity contribution in [3.63, 3.8) is 0 Å². The molecule has 1 saturated carbocycles. The highest BCUT2D eigenvalue weighted by Crippen LogP contribution is 2.29. The predicted octanol–water partition coefficient (Wildman–Crippen LogP) is 2.26. The van der Waals surface area contributed by atoms with Crippen LogP contribution in [-0.2, 0) is 20.1 Å². The van der Waals surface area contributed by atoms with E-state index in [0.717, 1.165) is 24.1 Å². The summed E-state index contributed by atoms with van der Waals surface area (Å²) in [5.41, 5.74) is 2.77. The van der Waals surface area contributed by atoms with Gasteiger partial charge in [-0.2, -0.15) is 5.10 Å². The summed E-state index contributed by atoms with van der Waals surface area (Å²) in [5, 5.41) is 10.2. The number of rotatable bonds is 5. The molecule has 2 heterocycles. The number of carbonyl (C=O) groups is 2. The third kappa shape index (κ3) is 3.47. The Morgan fingerprint density at radius 1 is 1.26 bits per heavy atom. The van der Waals surface area contributed by atoms with Gasteiger partial charge in [0.05, 0.1) is 31.1 Å². The standard InChI is InChI=1S/C19H23N5O3/c1-3-27-16-7-5-4-6-14(16)21-19(26)24-10-13-15(11-24)23(2)22-17(13)18(25)20-12-8-9-12/h4-7,12H,3,8-11H2,1-2H3,(H,20,25)(H,21,26). The first-order chi connectivity index (χ1) is 13.1. The number of hydrogen-bond acceptors (Lipinski definition) is 4. The fourth-order valence-electron chi connectivity index (χ4n) is 3.25. The summed E-state index contributed by atoms with van der Waals surface area (Å²) in [6.07, 6.45) is 2.04. The highest BCUT2D eigenvalue weighted by molar-refractivity contribution is 5.95. The molecule has 1 fully saturated rings. The summed E-state index contributed by atoms with van der Waals surface area (Å²) < 4.78 is 7.25. The lowest BCUT2D eigenvalue weighted by Crippen LogP contribution is -2.32. The second kappa shape index (κ2) is 6.94. The maximum Gasteiger partial charge on any atom is 0.322 e. The number of aromatic nitrogens is 2. The van der Waals surface area contributed by atoms with E-state index in [4.69, 9.17) is 4.74 Å². The van der Waals surface area contributed by atoms with Crippen LogP contribution < -0.4 is 15.4 Å². The van der Waals surface area contributed by atoms with Crippen LogP contribution >= 0.6 is 0 Å². The molecule has 2 aromatic rings. The van der Waals surface area contributed by atoms with Crippen LogP contribution in [0.1, 0.15) is 41.5 Å². The largest absolute Gasteiger partial charge is 0.492 e. The third-order valence-electron chi connectivity index (χ3n) is 4.81. The zero-order valence-corrected chi connectivity index (χ0v) is 15.5. The van der Waals surface area contributed by atoms with Crippen molar-refractivity contribution in [2.75, 3.05) is 11.9 Å². The van der Waals surface area contributed by atoms with Gasteiger partial charge in [-0.1, -0.05) is 12.1 Å². The Kier molecular flexibility index (Phi) is 4.47. The number of urea groups is 1. The predicted molar refractivity (Wildman–Crippen MR) is 99.6 cm³/mol. The molecule has 1 aromatic heterocycles. The minimum absolute atomic E-state index is 0.154. The second-order valence-electron chi connectivity index (χ2n) is 6.86. The molecule has 4 rings (SSSR count). The number of fused-ring (bicyclic) bond motifs is 1. The summed E-state index contributed by atoms with van der Waals surface area (Å²) in [4.78, 5) is 26.8. The zero-order valence-electron chi connectivity index (χ0n) is 15.5. The molecule has 8 nitrogen and oxygen atoms in total. The lowest BCUT2D eigenvalue weighted by Gasteiger charge is -2.18. The van der Waals surface area contributed by atoms with Gasteiger partial charge in [0.1, 0.15) is 5.75 Å². The molecule has 2 N–H and O–H groups in total. The Labute approximate surface area is 157 Å². The first-order valence-corrected chi connectivity index (χ1v) is 9.20. The molecular weight excluding hydrogens is 346 g/mol. The minimum Gasteiger partial charge on any atom is -0.492 e. The van der Waals surface area contributed by atoms with E-state index in [1.54, 1.807) is 16.6 Å². The Morgan fingerprint density at radius 3 is 2.78 bits per heavy atom. The number of benzene rings is 1. The molecule has 3 amide bonds. The van der Waals surface area contributed by atoms with Crippen molar-refractivity contribution in [3.8, 4) is 5.75 Å². The molecule has 142 valence electrons. The summed E-state index contributed by atoms with van der Waals surface area (Å²) in [7, 11) is 1.80. The van der Waals surface area contributed by atoms with Crippen LogP contribution in [0.3, 0.4) is 0 Å². The van der Waals surface area contributed by atoms with Crippen LogP contribution in [0.4, 0.5) is 10.5 Å². The van der Waals surface area contributed by atoms with E-state index >= 15 is 0 Å². The Bertz CT molecular complexity index is 887. The third-order valence-corrected chi connectivity index (χ3v) is 4.81. The fourth-order valence-corrected chi connectivity index (χ4v) is 3.25. The quantitative estimate of drug-likeness (QED) is 0.846. The molecule has 0 bridgehead atoms. The van der Waals surface area contributed by atoms with Crippen LogP contribution in [-0.4, -0.2) is 39.3 Å². The number of para-hydroxylation sites is 2. The lowest BCUT2D eigenvalue weighted by atomic mass is 10.2. The van der Waals surface area contributed by atoms with Crippen molar-refractivity contribution in [1.82, 2.24) is 20.0 Å². The van der Waals surface area contributed by atoms with E-state index in [0.29, 0.717) is 36.8 Å².